The second-order valence-corrected chi connectivity index (χ2v) is 4.26. The number of amides is 1. The molecule has 4 heteroatoms. The number of nitrogen functional groups attached to an aromatic ring is 1. The van der Waals surface area contributed by atoms with Crippen LogP contribution in [0, 0.1) is 0 Å². The van der Waals surface area contributed by atoms with E-state index in [1.165, 1.54) is 0 Å². The number of hydrogen-bond donors (Lipinski definition) is 1. The highest BCUT2D eigenvalue weighted by Gasteiger charge is 2.17. The standard InChI is InChI=1S/C13H18N2O2/c14-11-4-6-12(7-5-11)17-10-9-15-8-2-1-3-13(15)16/h4-7H,1-3,8-10,14H2. The van der Waals surface area contributed by atoms with Crippen LogP contribution in [0.2, 0.25) is 0 Å². The van der Waals surface area contributed by atoms with Crippen molar-refractivity contribution < 1.29 is 9.53 Å². The Morgan fingerprint density at radius 1 is 1.24 bits per heavy atom. The Bertz CT molecular complexity index is 376. The van der Waals surface area contributed by atoms with Crippen LogP contribution < -0.4 is 10.5 Å². The molecule has 1 aliphatic heterocycles. The van der Waals surface area contributed by atoms with Crippen molar-refractivity contribution in [3.63, 3.8) is 0 Å². The molecule has 1 aromatic carbocycles. The average Bonchev–Trinajstić information content (AvgIpc) is 2.34. The van der Waals surface area contributed by atoms with E-state index in [9.17, 15) is 4.79 Å². The zero-order valence-corrected chi connectivity index (χ0v) is 9.89. The van der Waals surface area contributed by atoms with Gasteiger partial charge in [0.05, 0.1) is 6.54 Å². The number of hydrogen-bond acceptors (Lipinski definition) is 3. The van der Waals surface area contributed by atoms with Crippen molar-refractivity contribution in [2.45, 2.75) is 19.3 Å². The van der Waals surface area contributed by atoms with Gasteiger partial charge in [-0.2, -0.15) is 0 Å². The molecule has 17 heavy (non-hydrogen) atoms. The van der Waals surface area contributed by atoms with Gasteiger partial charge in [0.25, 0.3) is 0 Å². The minimum atomic E-state index is 0.247. The minimum Gasteiger partial charge on any atom is -0.492 e. The van der Waals surface area contributed by atoms with Gasteiger partial charge in [-0.1, -0.05) is 0 Å². The number of carbonyl (C=O) groups is 1. The Hall–Kier alpha value is -1.71. The number of nitrogens with two attached hydrogens (primary N) is 1. The van der Waals surface area contributed by atoms with Gasteiger partial charge in [-0.25, -0.2) is 0 Å². The summed E-state index contributed by atoms with van der Waals surface area (Å²) in [6.07, 6.45) is 2.81. The molecule has 0 aromatic heterocycles. The lowest BCUT2D eigenvalue weighted by molar-refractivity contribution is -0.133. The number of ether oxygens (including phenoxy) is 1. The summed E-state index contributed by atoms with van der Waals surface area (Å²) in [5.41, 5.74) is 6.31. The van der Waals surface area contributed by atoms with Crippen molar-refractivity contribution in [3.05, 3.63) is 24.3 Å². The van der Waals surface area contributed by atoms with Gasteiger partial charge < -0.3 is 15.4 Å². The molecule has 0 spiro atoms. The molecule has 0 atom stereocenters. The number of carbonyl (C=O) groups excluding carboxylic acids is 1. The van der Waals surface area contributed by atoms with Crippen molar-refractivity contribution >= 4 is 11.6 Å². The molecule has 1 amide bonds. The molecule has 0 bridgehead atoms. The van der Waals surface area contributed by atoms with E-state index in [-0.39, 0.29) is 5.91 Å². The first-order valence-electron chi connectivity index (χ1n) is 6.02. The van der Waals surface area contributed by atoms with E-state index in [1.54, 1.807) is 12.1 Å². The van der Waals surface area contributed by atoms with E-state index in [4.69, 9.17) is 10.5 Å². The lowest BCUT2D eigenvalue weighted by Gasteiger charge is -2.26. The molecule has 1 heterocycles. The van der Waals surface area contributed by atoms with Crippen molar-refractivity contribution in [1.29, 1.82) is 0 Å². The second kappa shape index (κ2) is 5.57. The Morgan fingerprint density at radius 3 is 2.71 bits per heavy atom. The molecule has 0 saturated carbocycles. The van der Waals surface area contributed by atoms with Gasteiger partial charge in [-0.05, 0) is 37.1 Å². The Labute approximate surface area is 101 Å². The summed E-state index contributed by atoms with van der Waals surface area (Å²) in [5.74, 6) is 1.04. The predicted molar refractivity (Wildman–Crippen MR) is 66.8 cm³/mol. The molecular weight excluding hydrogens is 216 g/mol. The summed E-state index contributed by atoms with van der Waals surface area (Å²) in [5, 5.41) is 0. The number of likely N-dealkylation sites (tertiary alicyclic amines) is 1. The molecule has 1 fully saturated rings. The van der Waals surface area contributed by atoms with Crippen LogP contribution in [0.15, 0.2) is 24.3 Å². The maximum absolute atomic E-state index is 11.5. The third-order valence-corrected chi connectivity index (χ3v) is 2.93. The molecule has 2 rings (SSSR count). The van der Waals surface area contributed by atoms with Crippen molar-refractivity contribution in [1.82, 2.24) is 4.90 Å². The molecule has 1 saturated heterocycles. The van der Waals surface area contributed by atoms with Crippen molar-refractivity contribution in [3.8, 4) is 5.75 Å². The fourth-order valence-electron chi connectivity index (χ4n) is 1.94. The largest absolute Gasteiger partial charge is 0.492 e. The Balaban J connectivity index is 1.75. The van der Waals surface area contributed by atoms with E-state index in [0.29, 0.717) is 19.6 Å². The minimum absolute atomic E-state index is 0.247. The first-order chi connectivity index (χ1) is 8.25. The maximum atomic E-state index is 11.5. The van der Waals surface area contributed by atoms with Gasteiger partial charge in [0, 0.05) is 18.7 Å². The van der Waals surface area contributed by atoms with Crippen LogP contribution in [-0.2, 0) is 4.79 Å². The summed E-state index contributed by atoms with van der Waals surface area (Å²) in [6.45, 7) is 2.07. The molecule has 92 valence electrons. The predicted octanol–water partition coefficient (Wildman–Crippen LogP) is 1.66. The van der Waals surface area contributed by atoms with E-state index >= 15 is 0 Å². The highest BCUT2D eigenvalue weighted by atomic mass is 16.5. The average molecular weight is 234 g/mol. The lowest BCUT2D eigenvalue weighted by Crippen LogP contribution is -2.38. The zero-order chi connectivity index (χ0) is 12.1. The molecule has 0 radical (unpaired) electrons. The summed E-state index contributed by atoms with van der Waals surface area (Å²) in [7, 11) is 0. The summed E-state index contributed by atoms with van der Waals surface area (Å²) in [6, 6.07) is 7.30. The smallest absolute Gasteiger partial charge is 0.222 e. The third-order valence-electron chi connectivity index (χ3n) is 2.93. The summed E-state index contributed by atoms with van der Waals surface area (Å²) < 4.78 is 5.56. The zero-order valence-electron chi connectivity index (χ0n) is 9.89. The van der Waals surface area contributed by atoms with Crippen molar-refractivity contribution in [2.75, 3.05) is 25.4 Å². The normalized spacial score (nSPS) is 16.0. The number of piperidine rings is 1. The number of rotatable bonds is 4. The first-order valence-corrected chi connectivity index (χ1v) is 6.02. The number of benzene rings is 1. The van der Waals surface area contributed by atoms with Gasteiger partial charge >= 0.3 is 0 Å². The monoisotopic (exact) mass is 234 g/mol. The molecule has 2 N–H and O–H groups in total. The lowest BCUT2D eigenvalue weighted by atomic mass is 10.1. The number of nitrogens with zero attached hydrogens (tertiary/aromatic N) is 1. The third kappa shape index (κ3) is 3.37. The molecular formula is C13H18N2O2. The molecule has 1 aliphatic rings. The topological polar surface area (TPSA) is 55.6 Å². The van der Waals surface area contributed by atoms with Crippen LogP contribution in [0.25, 0.3) is 0 Å². The SMILES string of the molecule is Nc1ccc(OCCN2CCCCC2=O)cc1. The molecule has 1 aromatic rings. The fraction of sp³-hybridized carbons (Fsp3) is 0.462. The van der Waals surface area contributed by atoms with Gasteiger partial charge in [0.2, 0.25) is 5.91 Å². The van der Waals surface area contributed by atoms with E-state index in [0.717, 1.165) is 30.8 Å². The van der Waals surface area contributed by atoms with Gasteiger partial charge in [-0.3, -0.25) is 4.79 Å². The van der Waals surface area contributed by atoms with E-state index in [2.05, 4.69) is 0 Å². The maximum Gasteiger partial charge on any atom is 0.222 e. The van der Waals surface area contributed by atoms with Gasteiger partial charge in [0.1, 0.15) is 12.4 Å². The quantitative estimate of drug-likeness (QED) is 0.806. The van der Waals surface area contributed by atoms with Crippen molar-refractivity contribution in [2.24, 2.45) is 0 Å². The van der Waals surface area contributed by atoms with Crippen LogP contribution in [0.5, 0.6) is 5.75 Å². The van der Waals surface area contributed by atoms with Gasteiger partial charge in [-0.15, -0.1) is 0 Å². The first kappa shape index (κ1) is 11.8. The van der Waals surface area contributed by atoms with Crippen LogP contribution in [0.3, 0.4) is 0 Å². The van der Waals surface area contributed by atoms with E-state index < -0.39 is 0 Å². The van der Waals surface area contributed by atoms with E-state index in [1.807, 2.05) is 17.0 Å². The molecule has 4 nitrogen and oxygen atoms in total. The number of anilines is 1. The highest BCUT2D eigenvalue weighted by Crippen LogP contribution is 2.14. The second-order valence-electron chi connectivity index (χ2n) is 4.26. The fourth-order valence-corrected chi connectivity index (χ4v) is 1.94. The molecule has 0 aliphatic carbocycles. The Morgan fingerprint density at radius 2 is 2.00 bits per heavy atom. The van der Waals surface area contributed by atoms with Crippen LogP contribution in [0.1, 0.15) is 19.3 Å². The van der Waals surface area contributed by atoms with Crippen LogP contribution in [-0.4, -0.2) is 30.5 Å². The molecule has 0 unspecified atom stereocenters. The summed E-state index contributed by atoms with van der Waals surface area (Å²) >= 11 is 0. The van der Waals surface area contributed by atoms with Crippen LogP contribution in [0.4, 0.5) is 5.69 Å². The highest BCUT2D eigenvalue weighted by molar-refractivity contribution is 5.76. The van der Waals surface area contributed by atoms with Crippen LogP contribution >= 0.6 is 0 Å². The summed E-state index contributed by atoms with van der Waals surface area (Å²) in [4.78, 5) is 13.4. The Kier molecular flexibility index (Phi) is 3.85. The van der Waals surface area contributed by atoms with Gasteiger partial charge in [0.15, 0.2) is 0 Å².